The minimum absolute atomic E-state index is 0.0848. The first-order valence-electron chi connectivity index (χ1n) is 7.28. The van der Waals surface area contributed by atoms with Crippen molar-refractivity contribution in [3.05, 3.63) is 40.3 Å². The molecule has 2 heterocycles. The van der Waals surface area contributed by atoms with Crippen molar-refractivity contribution in [3.8, 4) is 23.0 Å². The Kier molecular flexibility index (Phi) is 4.43. The van der Waals surface area contributed by atoms with E-state index in [1.54, 1.807) is 24.4 Å². The van der Waals surface area contributed by atoms with E-state index in [1.807, 2.05) is 19.9 Å². The number of nitrogens with one attached hydrogen (secondary N) is 2. The maximum atomic E-state index is 9.74. The van der Waals surface area contributed by atoms with Gasteiger partial charge < -0.3 is 9.84 Å². The summed E-state index contributed by atoms with van der Waals surface area (Å²) in [6.45, 7) is 4.21. The molecule has 0 fully saturated rings. The number of aromatic nitrogens is 5. The van der Waals surface area contributed by atoms with Gasteiger partial charge in [-0.1, -0.05) is 0 Å². The van der Waals surface area contributed by atoms with Crippen LogP contribution < -0.4 is 4.74 Å². The van der Waals surface area contributed by atoms with Crippen LogP contribution in [0.15, 0.2) is 29.4 Å². The number of benzene rings is 1. The molecular formula is C15H16N6O2S. The Morgan fingerprint density at radius 1 is 1.33 bits per heavy atom. The van der Waals surface area contributed by atoms with Gasteiger partial charge in [-0.2, -0.15) is 20.0 Å². The van der Waals surface area contributed by atoms with Gasteiger partial charge in [0.05, 0.1) is 12.8 Å². The monoisotopic (exact) mass is 344 g/mol. The van der Waals surface area contributed by atoms with Crippen molar-refractivity contribution in [2.75, 3.05) is 6.61 Å². The normalized spacial score (nSPS) is 11.2. The Hall–Kier alpha value is -2.94. The Labute approximate surface area is 142 Å². The summed E-state index contributed by atoms with van der Waals surface area (Å²) < 4.78 is 7.20. The zero-order valence-electron chi connectivity index (χ0n) is 13.1. The molecule has 3 N–H and O–H groups in total. The van der Waals surface area contributed by atoms with Crippen LogP contribution in [0, 0.1) is 11.7 Å². The van der Waals surface area contributed by atoms with Crippen molar-refractivity contribution in [3.63, 3.8) is 0 Å². The standard InChI is InChI=1S/C15H16N6O2S/c1-3-23-13-7-10(4-5-12(13)22)8-16-21-14(19-20-15(21)24)11-6-9(2)17-18-11/h4-8,22H,3H2,1-2H3,(H,17,18)(H,20,24)/b16-8+. The highest BCUT2D eigenvalue weighted by atomic mass is 32.1. The molecule has 3 aromatic rings. The van der Waals surface area contributed by atoms with Crippen LogP contribution in [0.1, 0.15) is 18.2 Å². The summed E-state index contributed by atoms with van der Waals surface area (Å²) in [6, 6.07) is 6.83. The first kappa shape index (κ1) is 15.9. The van der Waals surface area contributed by atoms with Gasteiger partial charge in [0.15, 0.2) is 11.5 Å². The van der Waals surface area contributed by atoms with Crippen LogP contribution in [-0.4, -0.2) is 43.0 Å². The molecule has 0 radical (unpaired) electrons. The Bertz CT molecular complexity index is 940. The summed E-state index contributed by atoms with van der Waals surface area (Å²) in [7, 11) is 0. The molecule has 124 valence electrons. The molecular weight excluding hydrogens is 328 g/mol. The largest absolute Gasteiger partial charge is 0.504 e. The highest BCUT2D eigenvalue weighted by molar-refractivity contribution is 7.71. The van der Waals surface area contributed by atoms with Crippen LogP contribution in [0.4, 0.5) is 0 Å². The number of H-pyrrole nitrogens is 2. The van der Waals surface area contributed by atoms with Crippen LogP contribution >= 0.6 is 12.2 Å². The molecule has 24 heavy (non-hydrogen) atoms. The molecule has 9 heteroatoms. The van der Waals surface area contributed by atoms with E-state index >= 15 is 0 Å². The minimum Gasteiger partial charge on any atom is -0.504 e. The third-order valence-electron chi connectivity index (χ3n) is 3.19. The van der Waals surface area contributed by atoms with Crippen LogP contribution in [0.5, 0.6) is 11.5 Å². The number of phenols is 1. The number of aromatic hydroxyl groups is 1. The lowest BCUT2D eigenvalue weighted by atomic mass is 10.2. The van der Waals surface area contributed by atoms with Gasteiger partial charge in [0, 0.05) is 5.69 Å². The first-order chi connectivity index (χ1) is 11.6. The lowest BCUT2D eigenvalue weighted by Gasteiger charge is -2.06. The molecule has 8 nitrogen and oxygen atoms in total. The van der Waals surface area contributed by atoms with E-state index in [2.05, 4.69) is 25.5 Å². The van der Waals surface area contributed by atoms with E-state index in [-0.39, 0.29) is 5.75 Å². The molecule has 1 aromatic carbocycles. The predicted molar refractivity (Wildman–Crippen MR) is 92.0 cm³/mol. The van der Waals surface area contributed by atoms with Gasteiger partial charge in [-0.25, -0.2) is 5.10 Å². The molecule has 0 bridgehead atoms. The van der Waals surface area contributed by atoms with Crippen LogP contribution in [0.25, 0.3) is 11.5 Å². The van der Waals surface area contributed by atoms with Crippen molar-refractivity contribution in [1.29, 1.82) is 0 Å². The highest BCUT2D eigenvalue weighted by Gasteiger charge is 2.11. The third kappa shape index (κ3) is 3.20. The molecule has 0 amide bonds. The number of aryl methyl sites for hydroxylation is 1. The van der Waals surface area contributed by atoms with E-state index in [4.69, 9.17) is 17.0 Å². The molecule has 0 spiro atoms. The number of hydrogen-bond acceptors (Lipinski definition) is 6. The quantitative estimate of drug-likeness (QED) is 0.487. The van der Waals surface area contributed by atoms with Crippen molar-refractivity contribution in [1.82, 2.24) is 25.1 Å². The predicted octanol–water partition coefficient (Wildman–Crippen LogP) is 2.63. The number of hydrogen-bond donors (Lipinski definition) is 3. The van der Waals surface area contributed by atoms with Crippen LogP contribution in [-0.2, 0) is 0 Å². The van der Waals surface area contributed by atoms with Gasteiger partial charge in [-0.3, -0.25) is 5.10 Å². The fourth-order valence-electron chi connectivity index (χ4n) is 2.10. The van der Waals surface area contributed by atoms with Gasteiger partial charge in [0.2, 0.25) is 10.6 Å². The van der Waals surface area contributed by atoms with Gasteiger partial charge in [-0.05, 0) is 55.9 Å². The minimum atomic E-state index is 0.0848. The van der Waals surface area contributed by atoms with Gasteiger partial charge in [0.1, 0.15) is 5.69 Å². The van der Waals surface area contributed by atoms with E-state index < -0.39 is 0 Å². The third-order valence-corrected chi connectivity index (χ3v) is 3.46. The molecule has 2 aromatic heterocycles. The van der Waals surface area contributed by atoms with Crippen molar-refractivity contribution in [2.24, 2.45) is 5.10 Å². The topological polar surface area (TPSA) is 104 Å². The number of aromatic amines is 2. The van der Waals surface area contributed by atoms with E-state index in [1.165, 1.54) is 4.68 Å². The summed E-state index contributed by atoms with van der Waals surface area (Å²) in [6.07, 6.45) is 1.61. The molecule has 0 aliphatic rings. The lowest BCUT2D eigenvalue weighted by molar-refractivity contribution is 0.318. The fraction of sp³-hybridized carbons (Fsp3) is 0.200. The second kappa shape index (κ2) is 6.67. The van der Waals surface area contributed by atoms with Crippen molar-refractivity contribution in [2.45, 2.75) is 13.8 Å². The summed E-state index contributed by atoms with van der Waals surface area (Å²) in [5, 5.41) is 28.0. The second-order valence-electron chi connectivity index (χ2n) is 5.01. The fourth-order valence-corrected chi connectivity index (χ4v) is 2.28. The summed E-state index contributed by atoms with van der Waals surface area (Å²) >= 11 is 5.21. The average Bonchev–Trinajstić information content (AvgIpc) is 3.14. The van der Waals surface area contributed by atoms with Gasteiger partial charge >= 0.3 is 0 Å². The Morgan fingerprint density at radius 3 is 2.88 bits per heavy atom. The zero-order valence-corrected chi connectivity index (χ0v) is 14.0. The van der Waals surface area contributed by atoms with Crippen LogP contribution in [0.3, 0.4) is 0 Å². The number of nitrogens with zero attached hydrogens (tertiary/aromatic N) is 4. The van der Waals surface area contributed by atoms with Gasteiger partial charge in [-0.15, -0.1) is 0 Å². The van der Waals surface area contributed by atoms with E-state index in [9.17, 15) is 5.11 Å². The highest BCUT2D eigenvalue weighted by Crippen LogP contribution is 2.26. The molecule has 0 aliphatic carbocycles. The van der Waals surface area contributed by atoms with E-state index in [0.717, 1.165) is 11.3 Å². The zero-order chi connectivity index (χ0) is 17.1. The smallest absolute Gasteiger partial charge is 0.216 e. The average molecular weight is 344 g/mol. The van der Waals surface area contributed by atoms with E-state index in [0.29, 0.717) is 28.6 Å². The maximum Gasteiger partial charge on any atom is 0.216 e. The molecule has 0 saturated heterocycles. The summed E-state index contributed by atoms with van der Waals surface area (Å²) in [5.41, 5.74) is 2.30. The molecule has 0 unspecified atom stereocenters. The van der Waals surface area contributed by atoms with Crippen LogP contribution in [0.2, 0.25) is 0 Å². The first-order valence-corrected chi connectivity index (χ1v) is 7.69. The second-order valence-corrected chi connectivity index (χ2v) is 5.39. The summed E-state index contributed by atoms with van der Waals surface area (Å²) in [5.74, 6) is 0.992. The Morgan fingerprint density at radius 2 is 2.17 bits per heavy atom. The molecule has 0 saturated carbocycles. The lowest BCUT2D eigenvalue weighted by Crippen LogP contribution is -1.96. The molecule has 0 atom stereocenters. The Balaban J connectivity index is 1.94. The SMILES string of the molecule is CCOc1cc(/C=N/n2c(-c3cc(C)[nH]n3)n[nH]c2=S)ccc1O. The van der Waals surface area contributed by atoms with Crippen molar-refractivity contribution < 1.29 is 9.84 Å². The summed E-state index contributed by atoms with van der Waals surface area (Å²) in [4.78, 5) is 0. The number of rotatable bonds is 5. The maximum absolute atomic E-state index is 9.74. The van der Waals surface area contributed by atoms with Crippen molar-refractivity contribution >= 4 is 18.4 Å². The van der Waals surface area contributed by atoms with Gasteiger partial charge in [0.25, 0.3) is 0 Å². The molecule has 3 rings (SSSR count). The molecule has 0 aliphatic heterocycles. The number of ether oxygens (including phenoxy) is 1. The number of phenolic OH excluding ortho intramolecular Hbond substituents is 1.